The number of amides is 1. The molecule has 1 N–H and O–H groups in total. The van der Waals surface area contributed by atoms with Gasteiger partial charge < -0.3 is 5.32 Å². The van der Waals surface area contributed by atoms with Crippen LogP contribution in [-0.2, 0) is 11.2 Å². The van der Waals surface area contributed by atoms with Crippen LogP contribution in [0.25, 0.3) is 10.6 Å². The van der Waals surface area contributed by atoms with Gasteiger partial charge in [-0.05, 0) is 87.5 Å². The van der Waals surface area contributed by atoms with Crippen molar-refractivity contribution < 1.29 is 9.18 Å². The molecule has 6 rings (SSSR count). The molecule has 4 aliphatic carbocycles. The molecule has 0 spiro atoms. The second-order valence-electron chi connectivity index (χ2n) is 9.24. The van der Waals surface area contributed by atoms with E-state index in [1.807, 2.05) is 6.92 Å². The number of halogens is 1. The van der Waals surface area contributed by atoms with Gasteiger partial charge in [0.2, 0.25) is 5.91 Å². The lowest BCUT2D eigenvalue weighted by Gasteiger charge is -2.55. The Balaban J connectivity index is 1.22. The summed E-state index contributed by atoms with van der Waals surface area (Å²) in [7, 11) is 0. The van der Waals surface area contributed by atoms with Crippen LogP contribution in [0.4, 0.5) is 4.39 Å². The number of carbonyl (C=O) groups is 1. The SMILES string of the molecule is Cc1nc(-c2ccc(F)cc2)sc1CCNC(=O)C12CC3CC(CC(C3)C1)C2. The number of aromatic nitrogens is 1. The average Bonchev–Trinajstić information content (AvgIpc) is 3.02. The zero-order valence-corrected chi connectivity index (χ0v) is 17.2. The van der Waals surface area contributed by atoms with Gasteiger partial charge in [-0.15, -0.1) is 11.3 Å². The average molecular weight is 399 g/mol. The zero-order chi connectivity index (χ0) is 19.3. The molecule has 4 saturated carbocycles. The van der Waals surface area contributed by atoms with Crippen LogP contribution in [-0.4, -0.2) is 17.4 Å². The first-order valence-electron chi connectivity index (χ1n) is 10.5. The zero-order valence-electron chi connectivity index (χ0n) is 16.3. The van der Waals surface area contributed by atoms with Crippen LogP contribution >= 0.6 is 11.3 Å². The first-order chi connectivity index (χ1) is 13.5. The smallest absolute Gasteiger partial charge is 0.226 e. The first-order valence-corrected chi connectivity index (χ1v) is 11.3. The number of hydrogen-bond acceptors (Lipinski definition) is 3. The van der Waals surface area contributed by atoms with Gasteiger partial charge in [0, 0.05) is 28.8 Å². The van der Waals surface area contributed by atoms with Crippen molar-refractivity contribution >= 4 is 17.2 Å². The fourth-order valence-corrected chi connectivity index (χ4v) is 7.31. The molecule has 0 saturated heterocycles. The van der Waals surface area contributed by atoms with E-state index in [2.05, 4.69) is 10.3 Å². The van der Waals surface area contributed by atoms with Gasteiger partial charge >= 0.3 is 0 Å². The summed E-state index contributed by atoms with van der Waals surface area (Å²) in [5.41, 5.74) is 1.88. The van der Waals surface area contributed by atoms with E-state index < -0.39 is 0 Å². The number of rotatable bonds is 5. The van der Waals surface area contributed by atoms with E-state index in [1.54, 1.807) is 23.5 Å². The predicted octanol–water partition coefficient (Wildman–Crippen LogP) is 5.13. The van der Waals surface area contributed by atoms with Crippen LogP contribution in [0.2, 0.25) is 0 Å². The van der Waals surface area contributed by atoms with Gasteiger partial charge in [0.25, 0.3) is 0 Å². The highest BCUT2D eigenvalue weighted by molar-refractivity contribution is 7.15. The maximum Gasteiger partial charge on any atom is 0.226 e. The molecule has 3 nitrogen and oxygen atoms in total. The quantitative estimate of drug-likeness (QED) is 0.758. The van der Waals surface area contributed by atoms with Gasteiger partial charge in [-0.2, -0.15) is 0 Å². The molecule has 2 aromatic rings. The monoisotopic (exact) mass is 398 g/mol. The van der Waals surface area contributed by atoms with E-state index in [4.69, 9.17) is 0 Å². The third kappa shape index (κ3) is 3.28. The highest BCUT2D eigenvalue weighted by Crippen LogP contribution is 2.60. The minimum Gasteiger partial charge on any atom is -0.355 e. The van der Waals surface area contributed by atoms with Crippen molar-refractivity contribution in [3.05, 3.63) is 40.7 Å². The number of hydrogen-bond donors (Lipinski definition) is 1. The van der Waals surface area contributed by atoms with Crippen LogP contribution in [0.3, 0.4) is 0 Å². The minimum atomic E-state index is -0.232. The van der Waals surface area contributed by atoms with Gasteiger partial charge in [-0.3, -0.25) is 4.79 Å². The summed E-state index contributed by atoms with van der Waals surface area (Å²) in [5, 5.41) is 4.18. The first kappa shape index (κ1) is 18.3. The van der Waals surface area contributed by atoms with E-state index in [0.29, 0.717) is 12.5 Å². The summed E-state index contributed by atoms with van der Waals surface area (Å²) in [6.45, 7) is 2.69. The van der Waals surface area contributed by atoms with Crippen molar-refractivity contribution in [3.63, 3.8) is 0 Å². The molecule has 1 aromatic carbocycles. The molecule has 4 fully saturated rings. The molecule has 0 unspecified atom stereocenters. The molecule has 0 atom stereocenters. The molecule has 5 heteroatoms. The normalized spacial score (nSPS) is 30.6. The Morgan fingerprint density at radius 3 is 2.36 bits per heavy atom. The fourth-order valence-electron chi connectivity index (χ4n) is 6.24. The van der Waals surface area contributed by atoms with Gasteiger partial charge in [-0.1, -0.05) is 0 Å². The van der Waals surface area contributed by atoms with Crippen LogP contribution in [0, 0.1) is 35.9 Å². The van der Waals surface area contributed by atoms with E-state index in [-0.39, 0.29) is 11.2 Å². The Kier molecular flexibility index (Phi) is 4.53. The van der Waals surface area contributed by atoms with E-state index in [1.165, 1.54) is 36.3 Å². The molecule has 1 aromatic heterocycles. The van der Waals surface area contributed by atoms with Gasteiger partial charge in [0.1, 0.15) is 10.8 Å². The van der Waals surface area contributed by atoms with E-state index in [9.17, 15) is 9.18 Å². The molecule has 4 aliphatic rings. The highest BCUT2D eigenvalue weighted by atomic mass is 32.1. The number of thiazole rings is 1. The topological polar surface area (TPSA) is 42.0 Å². The van der Waals surface area contributed by atoms with Crippen LogP contribution in [0.5, 0.6) is 0 Å². The summed E-state index contributed by atoms with van der Waals surface area (Å²) >= 11 is 1.64. The lowest BCUT2D eigenvalue weighted by Crippen LogP contribution is -2.53. The second-order valence-corrected chi connectivity index (χ2v) is 10.3. The Morgan fingerprint density at radius 1 is 1.14 bits per heavy atom. The molecular weight excluding hydrogens is 371 g/mol. The summed E-state index contributed by atoms with van der Waals surface area (Å²) in [6, 6.07) is 6.48. The molecule has 1 heterocycles. The molecule has 0 aliphatic heterocycles. The number of benzene rings is 1. The van der Waals surface area contributed by atoms with Crippen LogP contribution in [0.15, 0.2) is 24.3 Å². The largest absolute Gasteiger partial charge is 0.355 e. The van der Waals surface area contributed by atoms with Gasteiger partial charge in [0.15, 0.2) is 0 Å². The Labute approximate surface area is 169 Å². The van der Waals surface area contributed by atoms with E-state index >= 15 is 0 Å². The summed E-state index contributed by atoms with van der Waals surface area (Å²) < 4.78 is 13.1. The third-order valence-corrected chi connectivity index (χ3v) is 8.41. The summed E-state index contributed by atoms with van der Waals surface area (Å²) in [5.74, 6) is 2.44. The number of nitrogens with zero attached hydrogens (tertiary/aromatic N) is 1. The second kappa shape index (κ2) is 6.94. The molecular formula is C23H27FN2OS. The Hall–Kier alpha value is -1.75. The number of aryl methyl sites for hydroxylation is 1. The van der Waals surface area contributed by atoms with Crippen molar-refractivity contribution in [1.82, 2.24) is 10.3 Å². The number of nitrogens with one attached hydrogen (secondary N) is 1. The maximum absolute atomic E-state index is 13.1. The molecule has 28 heavy (non-hydrogen) atoms. The maximum atomic E-state index is 13.1. The summed E-state index contributed by atoms with van der Waals surface area (Å²) in [4.78, 5) is 18.9. The molecule has 4 bridgehead atoms. The third-order valence-electron chi connectivity index (χ3n) is 7.14. The Bertz CT molecular complexity index is 853. The lowest BCUT2D eigenvalue weighted by molar-refractivity contribution is -0.146. The van der Waals surface area contributed by atoms with Gasteiger partial charge in [-0.25, -0.2) is 9.37 Å². The predicted molar refractivity (Wildman–Crippen MR) is 110 cm³/mol. The summed E-state index contributed by atoms with van der Waals surface area (Å²) in [6.07, 6.45) is 8.22. The number of carbonyl (C=O) groups excluding carboxylic acids is 1. The Morgan fingerprint density at radius 2 is 1.75 bits per heavy atom. The van der Waals surface area contributed by atoms with E-state index in [0.717, 1.165) is 59.7 Å². The highest BCUT2D eigenvalue weighted by Gasteiger charge is 2.54. The minimum absolute atomic E-state index is 0.0727. The molecule has 1 amide bonds. The standard InChI is InChI=1S/C23H27FN2OS/c1-14-20(28-21(26-14)18-2-4-19(24)5-3-18)6-7-25-22(27)23-11-15-8-16(12-23)10-17(9-15)13-23/h2-5,15-17H,6-13H2,1H3,(H,25,27). The fraction of sp³-hybridized carbons (Fsp3) is 0.565. The van der Waals surface area contributed by atoms with Crippen molar-refractivity contribution in [2.45, 2.75) is 51.9 Å². The van der Waals surface area contributed by atoms with Crippen molar-refractivity contribution in [2.24, 2.45) is 23.2 Å². The van der Waals surface area contributed by atoms with Gasteiger partial charge in [0.05, 0.1) is 5.69 Å². The van der Waals surface area contributed by atoms with Crippen LogP contribution in [0.1, 0.15) is 49.1 Å². The lowest BCUT2D eigenvalue weighted by atomic mass is 9.49. The van der Waals surface area contributed by atoms with Crippen LogP contribution < -0.4 is 5.32 Å². The van der Waals surface area contributed by atoms with Crippen molar-refractivity contribution in [2.75, 3.05) is 6.54 Å². The molecule has 148 valence electrons. The van der Waals surface area contributed by atoms with Crippen molar-refractivity contribution in [3.8, 4) is 10.6 Å². The van der Waals surface area contributed by atoms with Crippen molar-refractivity contribution in [1.29, 1.82) is 0 Å². The molecule has 0 radical (unpaired) electrons.